The predicted octanol–water partition coefficient (Wildman–Crippen LogP) is 16.9. The lowest BCUT2D eigenvalue weighted by atomic mass is 10.0. The van der Waals surface area contributed by atoms with E-state index in [2.05, 4.69) is 237 Å². The van der Waals surface area contributed by atoms with Gasteiger partial charge >= 0.3 is 0 Å². The molecule has 0 aliphatic carbocycles. The van der Waals surface area contributed by atoms with Gasteiger partial charge in [-0.25, -0.2) is 0 Å². The number of para-hydroxylation sites is 4. The van der Waals surface area contributed by atoms with Gasteiger partial charge in [-0.2, -0.15) is 10.5 Å². The minimum Gasteiger partial charge on any atom is -0.310 e. The van der Waals surface area contributed by atoms with Crippen LogP contribution in [0.4, 0.5) is 34.1 Å². The van der Waals surface area contributed by atoms with Crippen LogP contribution in [-0.2, 0) is 0 Å². The Morgan fingerprint density at radius 1 is 0.300 bits per heavy atom. The lowest BCUT2D eigenvalue weighted by molar-refractivity contribution is 1.11. The fraction of sp³-hybridized carbons (Fsp3) is 0. The normalized spacial score (nSPS) is 11.4. The number of aromatic nitrogens is 2. The van der Waals surface area contributed by atoms with E-state index in [9.17, 15) is 10.5 Å². The van der Waals surface area contributed by atoms with Crippen LogP contribution in [0.5, 0.6) is 0 Å². The van der Waals surface area contributed by atoms with Gasteiger partial charge in [0.15, 0.2) is 0 Å². The van der Waals surface area contributed by atoms with Crippen LogP contribution < -0.4 is 9.80 Å². The zero-order valence-electron chi connectivity index (χ0n) is 37.8. The molecule has 0 N–H and O–H groups in total. The average Bonchev–Trinajstić information content (AvgIpc) is 3.94. The van der Waals surface area contributed by atoms with Gasteiger partial charge in [0, 0.05) is 55.7 Å². The summed E-state index contributed by atoms with van der Waals surface area (Å²) < 4.78 is 4.39. The summed E-state index contributed by atoms with van der Waals surface area (Å²) in [6.07, 6.45) is 0. The molecule has 0 amide bonds. The Morgan fingerprint density at radius 3 is 1.03 bits per heavy atom. The zero-order chi connectivity index (χ0) is 46.7. The van der Waals surface area contributed by atoms with Gasteiger partial charge in [0.1, 0.15) is 11.6 Å². The summed E-state index contributed by atoms with van der Waals surface area (Å²) in [7, 11) is 0. The summed E-state index contributed by atoms with van der Waals surface area (Å²) in [5.74, 6) is 0. The van der Waals surface area contributed by atoms with Crippen molar-refractivity contribution in [3.63, 3.8) is 0 Å². The largest absolute Gasteiger partial charge is 0.310 e. The third-order valence-corrected chi connectivity index (χ3v) is 13.7. The first kappa shape index (κ1) is 40.4. The van der Waals surface area contributed by atoms with Gasteiger partial charge in [-0.1, -0.05) is 133 Å². The maximum Gasteiger partial charge on any atom is 0.104 e. The van der Waals surface area contributed by atoms with Crippen LogP contribution in [0.15, 0.2) is 243 Å². The molecular weight excluding hydrogens is 853 g/mol. The van der Waals surface area contributed by atoms with E-state index in [4.69, 9.17) is 0 Å². The third-order valence-electron chi connectivity index (χ3n) is 13.7. The van der Waals surface area contributed by atoms with Gasteiger partial charge in [-0.3, -0.25) is 0 Å². The molecule has 2 heterocycles. The highest BCUT2D eigenvalue weighted by atomic mass is 15.1. The second-order valence-corrected chi connectivity index (χ2v) is 17.6. The molecule has 0 radical (unpaired) electrons. The van der Waals surface area contributed by atoms with Crippen LogP contribution in [0, 0.1) is 22.7 Å². The number of hydrogen-bond donors (Lipinski definition) is 0. The van der Waals surface area contributed by atoms with Crippen molar-refractivity contribution in [1.29, 1.82) is 10.5 Å². The number of rotatable bonds is 8. The van der Waals surface area contributed by atoms with Crippen molar-refractivity contribution in [3.05, 3.63) is 254 Å². The summed E-state index contributed by atoms with van der Waals surface area (Å²) >= 11 is 0. The predicted molar refractivity (Wildman–Crippen MR) is 289 cm³/mol. The van der Waals surface area contributed by atoms with E-state index in [1.807, 2.05) is 36.4 Å². The summed E-state index contributed by atoms with van der Waals surface area (Å²) in [4.78, 5) is 4.55. The van der Waals surface area contributed by atoms with Gasteiger partial charge in [-0.15, -0.1) is 0 Å². The van der Waals surface area contributed by atoms with Crippen LogP contribution in [0.1, 0.15) is 11.1 Å². The monoisotopic (exact) mass is 892 g/mol. The van der Waals surface area contributed by atoms with Crippen molar-refractivity contribution in [1.82, 2.24) is 9.13 Å². The number of nitriles is 2. The highest BCUT2D eigenvalue weighted by Crippen LogP contribution is 2.46. The van der Waals surface area contributed by atoms with Crippen LogP contribution in [0.2, 0.25) is 0 Å². The molecule has 0 aliphatic heterocycles. The first-order valence-corrected chi connectivity index (χ1v) is 23.4. The standard InChI is InChI=1S/C64H40N6/c65-41-43-37-61(69-57-35-31-50(67(46-19-5-1-6-20-46)47-21-7-2-8-22-47)39-54(57)63-52-27-15-13-17-44(52)29-33-59(63)69)56(42-66)62(38-43)70-58-36-32-51(68(48-23-9-3-10-24-48)49-25-11-4-12-26-49)40-55(58)64-53-28-16-14-18-45(53)30-34-60(64)70/h1-40H. The molecule has 70 heavy (non-hydrogen) atoms. The van der Waals surface area contributed by atoms with E-state index in [0.717, 1.165) is 99.3 Å². The van der Waals surface area contributed by atoms with Gasteiger partial charge in [0.25, 0.3) is 0 Å². The molecule has 6 nitrogen and oxygen atoms in total. The molecule has 13 rings (SSSR count). The first-order valence-electron chi connectivity index (χ1n) is 23.4. The van der Waals surface area contributed by atoms with Crippen molar-refractivity contribution < 1.29 is 0 Å². The number of hydrogen-bond acceptors (Lipinski definition) is 4. The smallest absolute Gasteiger partial charge is 0.104 e. The SMILES string of the molecule is N#Cc1cc(-n2c3ccc(N(c4ccccc4)c4ccccc4)cc3c3c4ccccc4ccc32)c(C#N)c(-n2c3ccc(N(c4ccccc4)c4ccccc4)cc3c3c4ccccc4ccc32)c1. The molecule has 0 fully saturated rings. The molecule has 11 aromatic carbocycles. The topological polar surface area (TPSA) is 63.9 Å². The number of benzene rings is 11. The van der Waals surface area contributed by atoms with Crippen LogP contribution in [-0.4, -0.2) is 9.13 Å². The second-order valence-electron chi connectivity index (χ2n) is 17.6. The Kier molecular flexibility index (Phi) is 9.50. The Balaban J connectivity index is 1.10. The van der Waals surface area contributed by atoms with Crippen molar-refractivity contribution in [2.45, 2.75) is 0 Å². The Hall–Kier alpha value is -9.88. The average molecular weight is 893 g/mol. The molecule has 6 heteroatoms. The van der Waals surface area contributed by atoms with E-state index in [0.29, 0.717) is 22.5 Å². The van der Waals surface area contributed by atoms with Crippen LogP contribution in [0.3, 0.4) is 0 Å². The summed E-state index contributed by atoms with van der Waals surface area (Å²) in [5, 5.41) is 31.2. The molecule has 0 saturated heterocycles. The highest BCUT2D eigenvalue weighted by molar-refractivity contribution is 6.23. The minimum atomic E-state index is 0.447. The fourth-order valence-corrected chi connectivity index (χ4v) is 10.7. The fourth-order valence-electron chi connectivity index (χ4n) is 10.7. The third kappa shape index (κ3) is 6.40. The maximum atomic E-state index is 11.7. The molecule has 13 aromatic rings. The van der Waals surface area contributed by atoms with Gasteiger partial charge in [0.05, 0.1) is 45.1 Å². The zero-order valence-corrected chi connectivity index (χ0v) is 37.8. The van der Waals surface area contributed by atoms with Gasteiger partial charge in [-0.05, 0) is 131 Å². The number of anilines is 6. The molecule has 0 saturated carbocycles. The maximum absolute atomic E-state index is 11.7. The van der Waals surface area contributed by atoms with E-state index < -0.39 is 0 Å². The molecule has 0 spiro atoms. The Labute approximate surface area is 404 Å². The van der Waals surface area contributed by atoms with Crippen LogP contribution in [0.25, 0.3) is 76.5 Å². The molecule has 326 valence electrons. The lowest BCUT2D eigenvalue weighted by Gasteiger charge is -2.25. The van der Waals surface area contributed by atoms with E-state index >= 15 is 0 Å². The van der Waals surface area contributed by atoms with Gasteiger partial charge in [0.2, 0.25) is 0 Å². The number of nitrogens with zero attached hydrogens (tertiary/aromatic N) is 6. The Bertz CT molecular complexity index is 3920. The quantitative estimate of drug-likeness (QED) is 0.152. The van der Waals surface area contributed by atoms with Gasteiger partial charge < -0.3 is 18.9 Å². The van der Waals surface area contributed by atoms with Crippen molar-refractivity contribution in [2.75, 3.05) is 9.80 Å². The van der Waals surface area contributed by atoms with Crippen molar-refractivity contribution in [2.24, 2.45) is 0 Å². The molecule has 0 atom stereocenters. The van der Waals surface area contributed by atoms with E-state index in [1.165, 1.54) is 0 Å². The number of fused-ring (bicyclic) bond motifs is 10. The summed E-state index contributed by atoms with van der Waals surface area (Å²) in [5.41, 5.74) is 12.1. The molecule has 0 aliphatic rings. The molecule has 0 bridgehead atoms. The molecular formula is C64H40N6. The molecule has 2 aromatic heterocycles. The van der Waals surface area contributed by atoms with E-state index in [1.54, 1.807) is 0 Å². The minimum absolute atomic E-state index is 0.447. The Morgan fingerprint density at radius 2 is 0.657 bits per heavy atom. The van der Waals surface area contributed by atoms with Crippen molar-refractivity contribution in [3.8, 4) is 23.5 Å². The van der Waals surface area contributed by atoms with Crippen LogP contribution >= 0.6 is 0 Å². The molecule has 0 unspecified atom stereocenters. The summed E-state index contributed by atoms with van der Waals surface area (Å²) in [6.45, 7) is 0. The van der Waals surface area contributed by atoms with Crippen molar-refractivity contribution >= 4 is 99.3 Å². The summed E-state index contributed by atoms with van der Waals surface area (Å²) in [6, 6.07) is 89.4. The second kappa shape index (κ2) is 16.5. The lowest BCUT2D eigenvalue weighted by Crippen LogP contribution is -2.09. The van der Waals surface area contributed by atoms with E-state index in [-0.39, 0.29) is 0 Å². The highest BCUT2D eigenvalue weighted by Gasteiger charge is 2.25. The first-order chi connectivity index (χ1) is 34.7.